The molecule has 0 bridgehead atoms. The van der Waals surface area contributed by atoms with Crippen LogP contribution in [0.5, 0.6) is 0 Å². The molecule has 5 nitrogen and oxygen atoms in total. The molecule has 2 atom stereocenters. The Bertz CT molecular complexity index is 946. The van der Waals surface area contributed by atoms with Crippen LogP contribution in [-0.4, -0.2) is 21.4 Å². The smallest absolute Gasteiger partial charge is 0.277 e. The van der Waals surface area contributed by atoms with E-state index < -0.39 is 11.1 Å². The molecule has 0 aliphatic rings. The van der Waals surface area contributed by atoms with Crippen LogP contribution in [0.3, 0.4) is 0 Å². The normalized spacial score (nSPS) is 13.1. The Kier molecular flexibility index (Phi) is 6.46. The third kappa shape index (κ3) is 5.19. The minimum Gasteiger partial charge on any atom is -0.416 e. The van der Waals surface area contributed by atoms with E-state index in [4.69, 9.17) is 4.42 Å². The van der Waals surface area contributed by atoms with Crippen molar-refractivity contribution < 1.29 is 13.6 Å². The average Bonchev–Trinajstić information content (AvgIpc) is 3.11. The van der Waals surface area contributed by atoms with Gasteiger partial charge in [-0.3, -0.25) is 4.79 Å². The highest BCUT2D eigenvalue weighted by molar-refractivity contribution is 8.00. The highest BCUT2D eigenvalue weighted by atomic mass is 32.2. The molecule has 146 valence electrons. The van der Waals surface area contributed by atoms with E-state index in [0.29, 0.717) is 17.5 Å². The zero-order valence-electron chi connectivity index (χ0n) is 16.0. The Morgan fingerprint density at radius 2 is 1.93 bits per heavy atom. The second kappa shape index (κ2) is 9.01. The Hall–Kier alpha value is -2.67. The van der Waals surface area contributed by atoms with Crippen molar-refractivity contribution in [3.8, 4) is 0 Å². The summed E-state index contributed by atoms with van der Waals surface area (Å²) in [4.78, 5) is 12.3. The van der Waals surface area contributed by atoms with Crippen molar-refractivity contribution in [2.45, 2.75) is 43.6 Å². The van der Waals surface area contributed by atoms with E-state index >= 15 is 0 Å². The molecule has 1 N–H and O–H groups in total. The van der Waals surface area contributed by atoms with Crippen molar-refractivity contribution in [3.63, 3.8) is 0 Å². The molecule has 0 saturated heterocycles. The van der Waals surface area contributed by atoms with Gasteiger partial charge >= 0.3 is 0 Å². The standard InChI is InChI=1S/C21H22FN3O2S/c1-13-9-10-18(17(22)11-13)23-20(26)15(3)28-21-25-24-19(27-21)12-14(2)16-7-5-4-6-8-16/h4-11,14-15H,12H2,1-3H3,(H,23,26). The third-order valence-electron chi connectivity index (χ3n) is 4.33. The van der Waals surface area contributed by atoms with Crippen molar-refractivity contribution in [2.24, 2.45) is 0 Å². The number of anilines is 1. The molecule has 1 amide bonds. The highest BCUT2D eigenvalue weighted by Gasteiger charge is 2.20. The molecular weight excluding hydrogens is 377 g/mol. The van der Waals surface area contributed by atoms with Crippen LogP contribution in [0, 0.1) is 12.7 Å². The Morgan fingerprint density at radius 3 is 2.64 bits per heavy atom. The van der Waals surface area contributed by atoms with E-state index in [1.807, 2.05) is 18.2 Å². The lowest BCUT2D eigenvalue weighted by atomic mass is 9.98. The largest absolute Gasteiger partial charge is 0.416 e. The lowest BCUT2D eigenvalue weighted by Crippen LogP contribution is -2.23. The van der Waals surface area contributed by atoms with Gasteiger partial charge in [0.2, 0.25) is 11.8 Å². The number of nitrogens with one attached hydrogen (secondary N) is 1. The number of benzene rings is 2. The molecule has 0 fully saturated rings. The van der Waals surface area contributed by atoms with Gasteiger partial charge in [0.15, 0.2) is 0 Å². The quantitative estimate of drug-likeness (QED) is 0.567. The van der Waals surface area contributed by atoms with Crippen LogP contribution in [0.4, 0.5) is 10.1 Å². The number of nitrogens with zero attached hydrogens (tertiary/aromatic N) is 2. The van der Waals surface area contributed by atoms with Gasteiger partial charge in [0.1, 0.15) is 5.82 Å². The molecular formula is C21H22FN3O2S. The molecule has 0 saturated carbocycles. The summed E-state index contributed by atoms with van der Waals surface area (Å²) < 4.78 is 19.6. The Balaban J connectivity index is 1.57. The topological polar surface area (TPSA) is 68.0 Å². The van der Waals surface area contributed by atoms with Crippen LogP contribution in [0.2, 0.25) is 0 Å². The van der Waals surface area contributed by atoms with Gasteiger partial charge in [0.05, 0.1) is 10.9 Å². The van der Waals surface area contributed by atoms with Crippen molar-refractivity contribution >= 4 is 23.4 Å². The van der Waals surface area contributed by atoms with Gasteiger partial charge in [-0.05, 0) is 43.0 Å². The fraction of sp³-hybridized carbons (Fsp3) is 0.286. The van der Waals surface area contributed by atoms with Crippen LogP contribution in [0.1, 0.15) is 36.8 Å². The second-order valence-electron chi connectivity index (χ2n) is 6.71. The number of aryl methyl sites for hydroxylation is 1. The summed E-state index contributed by atoms with van der Waals surface area (Å²) in [5, 5.41) is 10.5. The van der Waals surface area contributed by atoms with Gasteiger partial charge < -0.3 is 9.73 Å². The number of aromatic nitrogens is 2. The number of rotatable bonds is 7. The van der Waals surface area contributed by atoms with Crippen molar-refractivity contribution in [3.05, 3.63) is 71.4 Å². The van der Waals surface area contributed by atoms with Crippen LogP contribution in [-0.2, 0) is 11.2 Å². The van der Waals surface area contributed by atoms with E-state index in [1.165, 1.54) is 11.6 Å². The van der Waals surface area contributed by atoms with Crippen LogP contribution in [0.25, 0.3) is 0 Å². The van der Waals surface area contributed by atoms with Crippen molar-refractivity contribution in [1.82, 2.24) is 10.2 Å². The van der Waals surface area contributed by atoms with E-state index in [9.17, 15) is 9.18 Å². The minimum absolute atomic E-state index is 0.158. The molecule has 0 aliphatic heterocycles. The molecule has 2 unspecified atom stereocenters. The molecule has 3 rings (SSSR count). The molecule has 0 spiro atoms. The Labute approximate surface area is 167 Å². The van der Waals surface area contributed by atoms with E-state index in [-0.39, 0.29) is 17.5 Å². The first-order valence-electron chi connectivity index (χ1n) is 9.03. The third-order valence-corrected chi connectivity index (χ3v) is 5.26. The van der Waals surface area contributed by atoms with E-state index in [1.54, 1.807) is 26.0 Å². The monoisotopic (exact) mass is 399 g/mol. The first-order valence-corrected chi connectivity index (χ1v) is 9.91. The number of hydrogen-bond donors (Lipinski definition) is 1. The second-order valence-corrected chi connectivity index (χ2v) is 8.00. The maximum Gasteiger partial charge on any atom is 0.277 e. The molecule has 0 radical (unpaired) electrons. The number of halogens is 1. The van der Waals surface area contributed by atoms with Crippen LogP contribution in [0.15, 0.2) is 58.2 Å². The number of amides is 1. The predicted octanol–water partition coefficient (Wildman–Crippen LogP) is 4.98. The van der Waals surface area contributed by atoms with Crippen molar-refractivity contribution in [1.29, 1.82) is 0 Å². The summed E-state index contributed by atoms with van der Waals surface area (Å²) in [5.41, 5.74) is 2.15. The highest BCUT2D eigenvalue weighted by Crippen LogP contribution is 2.26. The summed E-state index contributed by atoms with van der Waals surface area (Å²) in [6.45, 7) is 5.60. The van der Waals surface area contributed by atoms with E-state index in [2.05, 4.69) is 34.6 Å². The zero-order valence-corrected chi connectivity index (χ0v) is 16.8. The van der Waals surface area contributed by atoms with Gasteiger partial charge in [0.25, 0.3) is 5.22 Å². The lowest BCUT2D eigenvalue weighted by molar-refractivity contribution is -0.115. The molecule has 7 heteroatoms. The van der Waals surface area contributed by atoms with E-state index in [0.717, 1.165) is 17.3 Å². The predicted molar refractivity (Wildman–Crippen MR) is 108 cm³/mol. The molecule has 28 heavy (non-hydrogen) atoms. The van der Waals surface area contributed by atoms with Crippen LogP contribution >= 0.6 is 11.8 Å². The maximum atomic E-state index is 13.9. The van der Waals surface area contributed by atoms with Crippen molar-refractivity contribution in [2.75, 3.05) is 5.32 Å². The molecule has 0 aliphatic carbocycles. The number of hydrogen-bond acceptors (Lipinski definition) is 5. The minimum atomic E-state index is -0.513. The number of thioether (sulfide) groups is 1. The van der Waals surface area contributed by atoms with Gasteiger partial charge in [0, 0.05) is 6.42 Å². The Morgan fingerprint density at radius 1 is 1.18 bits per heavy atom. The fourth-order valence-corrected chi connectivity index (χ4v) is 3.39. The molecule has 3 aromatic rings. The molecule has 1 aromatic heterocycles. The SMILES string of the molecule is Cc1ccc(NC(=O)C(C)Sc2nnc(CC(C)c3ccccc3)o2)c(F)c1. The fourth-order valence-electron chi connectivity index (χ4n) is 2.69. The maximum absolute atomic E-state index is 13.9. The number of carbonyl (C=O) groups is 1. The van der Waals surface area contributed by atoms with Gasteiger partial charge in [-0.2, -0.15) is 0 Å². The van der Waals surface area contributed by atoms with Crippen LogP contribution < -0.4 is 5.32 Å². The zero-order chi connectivity index (χ0) is 20.1. The average molecular weight is 399 g/mol. The van der Waals surface area contributed by atoms with Gasteiger partial charge in [-0.1, -0.05) is 55.1 Å². The summed E-state index contributed by atoms with van der Waals surface area (Å²) in [5.74, 6) is -0.0218. The molecule has 1 heterocycles. The number of carbonyl (C=O) groups excluding carboxylic acids is 1. The summed E-state index contributed by atoms with van der Waals surface area (Å²) in [6, 6.07) is 14.8. The van der Waals surface area contributed by atoms with Gasteiger partial charge in [-0.15, -0.1) is 10.2 Å². The molecule has 2 aromatic carbocycles. The lowest BCUT2D eigenvalue weighted by Gasteiger charge is -2.11. The summed E-state index contributed by atoms with van der Waals surface area (Å²) in [7, 11) is 0. The first-order chi connectivity index (χ1) is 13.4. The summed E-state index contributed by atoms with van der Waals surface area (Å²) >= 11 is 1.15. The summed E-state index contributed by atoms with van der Waals surface area (Å²) in [6.07, 6.45) is 0.618. The first kappa shape index (κ1) is 20.1. The van der Waals surface area contributed by atoms with Gasteiger partial charge in [-0.25, -0.2) is 4.39 Å².